The molecule has 0 radical (unpaired) electrons. The van der Waals surface area contributed by atoms with Crippen molar-refractivity contribution in [1.29, 1.82) is 0 Å². The Morgan fingerprint density at radius 3 is 1.59 bits per heavy atom. The summed E-state index contributed by atoms with van der Waals surface area (Å²) in [5, 5.41) is 5.22. The van der Waals surface area contributed by atoms with Gasteiger partial charge in [0.2, 0.25) is 11.8 Å². The highest BCUT2D eigenvalue weighted by atomic mass is 19.1. The number of amides is 4. The zero-order valence-corrected chi connectivity index (χ0v) is 35.3. The van der Waals surface area contributed by atoms with E-state index in [4.69, 9.17) is 14.5 Å². The number of halogens is 2. The highest BCUT2D eigenvalue weighted by molar-refractivity contribution is 5.87. The van der Waals surface area contributed by atoms with Crippen LogP contribution in [-0.4, -0.2) is 105 Å². The maximum Gasteiger partial charge on any atom is 0.407 e. The molecule has 3 fully saturated rings. The minimum absolute atomic E-state index is 0.0873. The van der Waals surface area contributed by atoms with Gasteiger partial charge in [0.25, 0.3) is 0 Å². The largest absolute Gasteiger partial charge is 0.453 e. The van der Waals surface area contributed by atoms with Crippen LogP contribution >= 0.6 is 0 Å². The monoisotopic (exact) mass is 840 g/mol. The van der Waals surface area contributed by atoms with Crippen LogP contribution in [0.1, 0.15) is 106 Å². The second-order valence-corrected chi connectivity index (χ2v) is 17.5. The molecule has 2 saturated heterocycles. The molecular formula is C45H54F2N8O6. The summed E-state index contributed by atoms with van der Waals surface area (Å²) in [6.07, 6.45) is 3.06. The lowest BCUT2D eigenvalue weighted by Crippen LogP contribution is -2.51. The van der Waals surface area contributed by atoms with E-state index < -0.39 is 48.7 Å². The molecule has 4 aromatic rings. The first kappa shape index (κ1) is 41.9. The van der Waals surface area contributed by atoms with Crippen molar-refractivity contribution in [2.24, 2.45) is 11.8 Å². The van der Waals surface area contributed by atoms with E-state index >= 15 is 4.39 Å². The first-order valence-electron chi connectivity index (χ1n) is 21.2. The molecule has 2 bridgehead atoms. The predicted molar refractivity (Wildman–Crippen MR) is 223 cm³/mol. The number of hydrogen-bond acceptors (Lipinski definition) is 8. The number of carbonyl (C=O) groups excluding carboxylic acids is 4. The molecule has 0 spiro atoms. The van der Waals surface area contributed by atoms with Gasteiger partial charge in [0.05, 0.1) is 63.2 Å². The smallest absolute Gasteiger partial charge is 0.407 e. The average Bonchev–Trinajstić information content (AvgIpc) is 4.12. The third kappa shape index (κ3) is 7.96. The van der Waals surface area contributed by atoms with Crippen LogP contribution in [0.2, 0.25) is 0 Å². The van der Waals surface area contributed by atoms with Gasteiger partial charge in [-0.05, 0) is 70.8 Å². The van der Waals surface area contributed by atoms with E-state index in [1.165, 1.54) is 40.7 Å². The average molecular weight is 841 g/mol. The number of fused-ring (bicyclic) bond motifs is 5. The molecule has 4 N–H and O–H groups in total. The van der Waals surface area contributed by atoms with Gasteiger partial charge in [-0.1, -0.05) is 64.1 Å². The number of aromatic amines is 2. The quantitative estimate of drug-likeness (QED) is 0.120. The highest BCUT2D eigenvalue weighted by Crippen LogP contribution is 2.58. The molecule has 8 atom stereocenters. The molecule has 324 valence electrons. The summed E-state index contributed by atoms with van der Waals surface area (Å²) in [6, 6.07) is 9.56. The van der Waals surface area contributed by atoms with E-state index in [1.54, 1.807) is 12.4 Å². The van der Waals surface area contributed by atoms with Gasteiger partial charge < -0.3 is 39.9 Å². The Kier molecular flexibility index (Phi) is 11.6. The first-order chi connectivity index (χ1) is 29.3. The fourth-order valence-corrected chi connectivity index (χ4v) is 9.96. The number of benzene rings is 2. The van der Waals surface area contributed by atoms with Gasteiger partial charge >= 0.3 is 12.2 Å². The number of carbonyl (C=O) groups is 4. The van der Waals surface area contributed by atoms with Gasteiger partial charge in [0.15, 0.2) is 0 Å². The number of likely N-dealkylation sites (tertiary alicyclic amines) is 2. The summed E-state index contributed by atoms with van der Waals surface area (Å²) in [6.45, 7) is 7.08. The van der Waals surface area contributed by atoms with E-state index in [9.17, 15) is 23.6 Å². The van der Waals surface area contributed by atoms with Crippen LogP contribution in [-0.2, 0) is 19.1 Å². The summed E-state index contributed by atoms with van der Waals surface area (Å²) in [5.74, 6) is 0.557. The number of hydrogen-bond donors (Lipinski definition) is 4. The van der Waals surface area contributed by atoms with Crippen molar-refractivity contribution in [2.45, 2.75) is 108 Å². The van der Waals surface area contributed by atoms with E-state index in [2.05, 4.69) is 49.9 Å². The molecule has 2 aromatic heterocycles. The third-order valence-electron chi connectivity index (χ3n) is 13.0. The summed E-state index contributed by atoms with van der Waals surface area (Å²) >= 11 is 0. The Morgan fingerprint density at radius 2 is 1.10 bits per heavy atom. The van der Waals surface area contributed by atoms with Crippen LogP contribution in [0.3, 0.4) is 0 Å². The van der Waals surface area contributed by atoms with Gasteiger partial charge in [-0.15, -0.1) is 0 Å². The standard InChI is InChI=1S/C45H54F2N8O6/c1-22(2)38(52-44(58)60-5)42(56)54-20-28(46)16-34(54)40-48-18-32(50-40)25-9-7-24(8-10-25)30-13-14-31(37-27-12-11-26(15-27)36(30)37)33-19-49-41(51-33)35-17-29(47)21-55(35)43(57)39(23(3)4)53-45(59)61-6/h7-10,13-14,18-19,22-23,26-29,34-35,38-39H,11-12,15-17,20-21H2,1-6H3,(H,48,50)(H,49,51)(H,52,58)(H,53,59)/t26?,27?,28-,29+,34-,35-,38-,39-/m0/s1. The van der Waals surface area contributed by atoms with Crippen molar-refractivity contribution in [2.75, 3.05) is 27.3 Å². The van der Waals surface area contributed by atoms with Crippen molar-refractivity contribution in [3.8, 4) is 33.6 Å². The number of ether oxygens (including phenoxy) is 2. The van der Waals surface area contributed by atoms with Crippen LogP contribution in [0.15, 0.2) is 48.8 Å². The van der Waals surface area contributed by atoms with Crippen LogP contribution < -0.4 is 10.6 Å². The maximum atomic E-state index is 15.0. The molecule has 16 heteroatoms. The molecule has 2 aliphatic carbocycles. The van der Waals surface area contributed by atoms with Crippen LogP contribution in [0.5, 0.6) is 0 Å². The number of aromatic nitrogens is 4. The van der Waals surface area contributed by atoms with Gasteiger partial charge in [-0.2, -0.15) is 0 Å². The molecule has 2 aromatic carbocycles. The fourth-order valence-electron chi connectivity index (χ4n) is 9.96. The zero-order valence-electron chi connectivity index (χ0n) is 35.3. The molecule has 61 heavy (non-hydrogen) atoms. The summed E-state index contributed by atoms with van der Waals surface area (Å²) in [4.78, 5) is 70.5. The highest BCUT2D eigenvalue weighted by Gasteiger charge is 2.44. The third-order valence-corrected chi connectivity index (χ3v) is 13.0. The number of methoxy groups -OCH3 is 2. The van der Waals surface area contributed by atoms with Gasteiger partial charge in [-0.3, -0.25) is 9.59 Å². The Bertz CT molecular complexity index is 2290. The van der Waals surface area contributed by atoms with Crippen molar-refractivity contribution in [3.05, 3.63) is 71.6 Å². The molecule has 4 amide bonds. The van der Waals surface area contributed by atoms with E-state index in [0.29, 0.717) is 23.5 Å². The lowest BCUT2D eigenvalue weighted by atomic mass is 9.82. The first-order valence-corrected chi connectivity index (χ1v) is 21.2. The lowest BCUT2D eigenvalue weighted by Gasteiger charge is -2.29. The Hall–Kier alpha value is -5.80. The van der Waals surface area contributed by atoms with E-state index in [-0.39, 0.29) is 49.6 Å². The van der Waals surface area contributed by atoms with Gasteiger partial charge in [0.1, 0.15) is 36.1 Å². The Labute approximate surface area is 353 Å². The number of H-pyrrole nitrogens is 2. The van der Waals surface area contributed by atoms with E-state index in [1.807, 2.05) is 39.8 Å². The Morgan fingerprint density at radius 1 is 0.656 bits per heavy atom. The normalized spacial score (nSPS) is 24.0. The molecule has 14 nitrogen and oxygen atoms in total. The second-order valence-electron chi connectivity index (χ2n) is 17.5. The Balaban J connectivity index is 1.03. The number of rotatable bonds is 11. The number of nitrogens with zero attached hydrogens (tertiary/aromatic N) is 4. The topological polar surface area (TPSA) is 175 Å². The molecule has 2 unspecified atom stereocenters. The van der Waals surface area contributed by atoms with Crippen molar-refractivity contribution in [3.63, 3.8) is 0 Å². The van der Waals surface area contributed by atoms with Crippen molar-refractivity contribution < 1.29 is 37.4 Å². The summed E-state index contributed by atoms with van der Waals surface area (Å²) in [7, 11) is 2.47. The molecule has 8 rings (SSSR count). The lowest BCUT2D eigenvalue weighted by molar-refractivity contribution is -0.136. The minimum atomic E-state index is -1.23. The second kappa shape index (κ2) is 16.9. The molecular weight excluding hydrogens is 787 g/mol. The predicted octanol–water partition coefficient (Wildman–Crippen LogP) is 7.48. The zero-order chi connectivity index (χ0) is 43.3. The van der Waals surface area contributed by atoms with Gasteiger partial charge in [0, 0.05) is 18.4 Å². The van der Waals surface area contributed by atoms with Crippen molar-refractivity contribution >= 4 is 24.0 Å². The molecule has 1 saturated carbocycles. The van der Waals surface area contributed by atoms with Crippen LogP contribution in [0, 0.1) is 11.8 Å². The number of alkyl halides is 2. The number of imidazole rings is 2. The molecule has 4 aliphatic rings. The fraction of sp³-hybridized carbons (Fsp3) is 0.511. The summed E-state index contributed by atoms with van der Waals surface area (Å²) in [5.41, 5.74) is 8.39. The maximum absolute atomic E-state index is 15.0. The van der Waals surface area contributed by atoms with Gasteiger partial charge in [-0.25, -0.2) is 28.3 Å². The van der Waals surface area contributed by atoms with Crippen molar-refractivity contribution in [1.82, 2.24) is 40.4 Å². The SMILES string of the molecule is COC(=O)N[C@H](C(=O)N1C[C@@H](F)C[C@H]1c1ncc(-c2ccc(-c3ccc(-c4cnc([C@@H]5C[C@@H](F)CN5C(=O)[C@@H](NC(=O)OC)C(C)C)[nH]4)c4c3C3CCC4C3)cc2)[nH]1)C(C)C. The number of nitrogens with one attached hydrogen (secondary N) is 4. The van der Waals surface area contributed by atoms with E-state index in [0.717, 1.165) is 47.3 Å². The number of alkyl carbamates (subject to hydrolysis) is 2. The van der Waals surface area contributed by atoms with Crippen LogP contribution in [0.25, 0.3) is 33.6 Å². The minimum Gasteiger partial charge on any atom is -0.453 e. The molecule has 4 heterocycles. The summed E-state index contributed by atoms with van der Waals surface area (Å²) < 4.78 is 39.4. The van der Waals surface area contributed by atoms with Crippen LogP contribution in [0.4, 0.5) is 18.4 Å². The molecule has 2 aliphatic heterocycles.